The van der Waals surface area contributed by atoms with Crippen molar-refractivity contribution in [1.82, 2.24) is 5.32 Å². The molecule has 2 aliphatic heterocycles. The molecule has 1 fully saturated rings. The molecule has 84 valence electrons. The number of urea groups is 1. The van der Waals surface area contributed by atoms with Gasteiger partial charge >= 0.3 is 6.03 Å². The van der Waals surface area contributed by atoms with E-state index in [1.165, 1.54) is 0 Å². The number of hydrogen-bond acceptors (Lipinski definition) is 3. The average Bonchev–Trinajstić information content (AvgIpc) is 2.76. The van der Waals surface area contributed by atoms with Gasteiger partial charge in [-0.25, -0.2) is 4.79 Å². The van der Waals surface area contributed by atoms with E-state index in [1.807, 2.05) is 18.2 Å². The van der Waals surface area contributed by atoms with Crippen LogP contribution in [-0.2, 0) is 0 Å². The second-order valence-electron chi connectivity index (χ2n) is 3.77. The molecule has 16 heavy (non-hydrogen) atoms. The molecule has 0 radical (unpaired) electrons. The second kappa shape index (κ2) is 3.59. The van der Waals surface area contributed by atoms with Crippen LogP contribution in [0.4, 0.5) is 10.5 Å². The molecule has 1 N–H and O–H groups in total. The summed E-state index contributed by atoms with van der Waals surface area (Å²) in [6.07, 6.45) is 0.959. The van der Waals surface area contributed by atoms with Gasteiger partial charge in [-0.05, 0) is 18.6 Å². The lowest BCUT2D eigenvalue weighted by molar-refractivity contribution is 0.174. The van der Waals surface area contributed by atoms with E-state index < -0.39 is 0 Å². The highest BCUT2D eigenvalue weighted by Crippen LogP contribution is 2.35. The van der Waals surface area contributed by atoms with Crippen LogP contribution in [0.25, 0.3) is 0 Å². The van der Waals surface area contributed by atoms with Crippen molar-refractivity contribution in [2.24, 2.45) is 0 Å². The maximum Gasteiger partial charge on any atom is 0.321 e. The number of ether oxygens (including phenoxy) is 2. The third-order valence-electron chi connectivity index (χ3n) is 2.75. The van der Waals surface area contributed by atoms with Crippen molar-refractivity contribution in [1.29, 1.82) is 0 Å². The third kappa shape index (κ3) is 1.44. The predicted octanol–water partition coefficient (Wildman–Crippen LogP) is 1.34. The smallest absolute Gasteiger partial charge is 0.321 e. The topological polar surface area (TPSA) is 50.8 Å². The minimum atomic E-state index is -0.0508. The number of nitrogens with zero attached hydrogens (tertiary/aromatic N) is 1. The number of fused-ring (bicyclic) bond motifs is 1. The fourth-order valence-electron chi connectivity index (χ4n) is 1.93. The molecule has 2 aliphatic rings. The first-order chi connectivity index (χ1) is 7.84. The normalized spacial score (nSPS) is 18.5. The SMILES string of the molecule is O=C1NCCCN1c1ccc2c(c1)OCO2. The van der Waals surface area contributed by atoms with E-state index >= 15 is 0 Å². The fraction of sp³-hybridized carbons (Fsp3) is 0.364. The first-order valence-electron chi connectivity index (χ1n) is 5.29. The summed E-state index contributed by atoms with van der Waals surface area (Å²) < 4.78 is 10.5. The summed E-state index contributed by atoms with van der Waals surface area (Å²) >= 11 is 0. The third-order valence-corrected chi connectivity index (χ3v) is 2.75. The van der Waals surface area contributed by atoms with Gasteiger partial charge in [-0.2, -0.15) is 0 Å². The summed E-state index contributed by atoms with van der Waals surface area (Å²) in [5, 5.41) is 2.81. The van der Waals surface area contributed by atoms with Crippen molar-refractivity contribution in [2.75, 3.05) is 24.8 Å². The van der Waals surface area contributed by atoms with Crippen molar-refractivity contribution in [3.8, 4) is 11.5 Å². The highest BCUT2D eigenvalue weighted by atomic mass is 16.7. The molecule has 0 aliphatic carbocycles. The number of carbonyl (C=O) groups is 1. The van der Waals surface area contributed by atoms with Crippen molar-refractivity contribution in [3.05, 3.63) is 18.2 Å². The van der Waals surface area contributed by atoms with Crippen LogP contribution in [0.3, 0.4) is 0 Å². The summed E-state index contributed by atoms with van der Waals surface area (Å²) in [5.41, 5.74) is 0.849. The Hall–Kier alpha value is -1.91. The minimum Gasteiger partial charge on any atom is -0.454 e. The first kappa shape index (κ1) is 9.33. The zero-order valence-corrected chi connectivity index (χ0v) is 8.73. The summed E-state index contributed by atoms with van der Waals surface area (Å²) in [6.45, 7) is 1.75. The monoisotopic (exact) mass is 220 g/mol. The molecule has 2 amide bonds. The van der Waals surface area contributed by atoms with Gasteiger partial charge in [0, 0.05) is 24.8 Å². The number of nitrogens with one attached hydrogen (secondary N) is 1. The predicted molar refractivity (Wildman–Crippen MR) is 57.9 cm³/mol. The molecule has 1 saturated heterocycles. The van der Waals surface area contributed by atoms with Gasteiger partial charge in [-0.1, -0.05) is 0 Å². The molecule has 5 nitrogen and oxygen atoms in total. The molecule has 3 rings (SSSR count). The van der Waals surface area contributed by atoms with Gasteiger partial charge in [0.25, 0.3) is 0 Å². The molecular weight excluding hydrogens is 208 g/mol. The Kier molecular flexibility index (Phi) is 2.09. The van der Waals surface area contributed by atoms with Crippen LogP contribution < -0.4 is 19.7 Å². The maximum atomic E-state index is 11.6. The zero-order chi connectivity index (χ0) is 11.0. The van der Waals surface area contributed by atoms with Gasteiger partial charge in [-0.15, -0.1) is 0 Å². The highest BCUT2D eigenvalue weighted by Gasteiger charge is 2.21. The Bertz CT molecular complexity index is 433. The molecule has 1 aromatic carbocycles. The first-order valence-corrected chi connectivity index (χ1v) is 5.29. The molecule has 0 bridgehead atoms. The van der Waals surface area contributed by atoms with Crippen LogP contribution >= 0.6 is 0 Å². The summed E-state index contributed by atoms with van der Waals surface area (Å²) in [7, 11) is 0. The van der Waals surface area contributed by atoms with E-state index in [-0.39, 0.29) is 12.8 Å². The molecule has 0 saturated carbocycles. The maximum absolute atomic E-state index is 11.6. The van der Waals surface area contributed by atoms with Gasteiger partial charge in [-0.3, -0.25) is 4.90 Å². The van der Waals surface area contributed by atoms with Crippen molar-refractivity contribution < 1.29 is 14.3 Å². The largest absolute Gasteiger partial charge is 0.454 e. The van der Waals surface area contributed by atoms with Crippen LogP contribution in [0.2, 0.25) is 0 Å². The average molecular weight is 220 g/mol. The molecule has 1 aromatic rings. The number of amides is 2. The molecule has 5 heteroatoms. The van der Waals surface area contributed by atoms with Gasteiger partial charge in [0.2, 0.25) is 6.79 Å². The Morgan fingerprint density at radius 2 is 2.12 bits per heavy atom. The number of hydrogen-bond donors (Lipinski definition) is 1. The molecule has 0 spiro atoms. The van der Waals surface area contributed by atoms with Crippen LogP contribution in [0.5, 0.6) is 11.5 Å². The number of carbonyl (C=O) groups excluding carboxylic acids is 1. The minimum absolute atomic E-state index is 0.0508. The Morgan fingerprint density at radius 3 is 3.00 bits per heavy atom. The van der Waals surface area contributed by atoms with E-state index in [0.717, 1.165) is 30.9 Å². The molecule has 2 heterocycles. The molecule has 0 unspecified atom stereocenters. The van der Waals surface area contributed by atoms with Crippen LogP contribution in [0, 0.1) is 0 Å². The number of rotatable bonds is 1. The van der Waals surface area contributed by atoms with Crippen LogP contribution in [-0.4, -0.2) is 25.9 Å². The summed E-state index contributed by atoms with van der Waals surface area (Å²) in [4.78, 5) is 13.4. The lowest BCUT2D eigenvalue weighted by Gasteiger charge is -2.27. The zero-order valence-electron chi connectivity index (χ0n) is 8.73. The van der Waals surface area contributed by atoms with Gasteiger partial charge in [0.15, 0.2) is 11.5 Å². The lowest BCUT2D eigenvalue weighted by atomic mass is 10.2. The van der Waals surface area contributed by atoms with Crippen molar-refractivity contribution >= 4 is 11.7 Å². The van der Waals surface area contributed by atoms with E-state index in [0.29, 0.717) is 5.75 Å². The van der Waals surface area contributed by atoms with Crippen LogP contribution in [0.1, 0.15) is 6.42 Å². The van der Waals surface area contributed by atoms with E-state index in [4.69, 9.17) is 9.47 Å². The van der Waals surface area contributed by atoms with E-state index in [1.54, 1.807) is 4.90 Å². The molecular formula is C11H12N2O3. The Morgan fingerprint density at radius 1 is 1.25 bits per heavy atom. The second-order valence-corrected chi connectivity index (χ2v) is 3.77. The molecule has 0 aromatic heterocycles. The van der Waals surface area contributed by atoms with Gasteiger partial charge < -0.3 is 14.8 Å². The summed E-state index contributed by atoms with van der Waals surface area (Å²) in [6, 6.07) is 5.50. The number of anilines is 1. The Balaban J connectivity index is 1.91. The highest BCUT2D eigenvalue weighted by molar-refractivity contribution is 5.93. The standard InChI is InChI=1S/C11H12N2O3/c14-11-12-4-1-5-13(11)8-2-3-9-10(6-8)16-7-15-9/h2-3,6H,1,4-5,7H2,(H,12,14). The van der Waals surface area contributed by atoms with Crippen molar-refractivity contribution in [3.63, 3.8) is 0 Å². The van der Waals surface area contributed by atoms with Crippen LogP contribution in [0.15, 0.2) is 18.2 Å². The number of benzene rings is 1. The van der Waals surface area contributed by atoms with Crippen molar-refractivity contribution in [2.45, 2.75) is 6.42 Å². The van der Waals surface area contributed by atoms with E-state index in [2.05, 4.69) is 5.32 Å². The fourth-order valence-corrected chi connectivity index (χ4v) is 1.93. The van der Waals surface area contributed by atoms with Gasteiger partial charge in [0.1, 0.15) is 0 Å². The Labute approximate surface area is 92.9 Å². The van der Waals surface area contributed by atoms with E-state index in [9.17, 15) is 4.79 Å². The molecule has 0 atom stereocenters. The quantitative estimate of drug-likeness (QED) is 0.776. The van der Waals surface area contributed by atoms with Gasteiger partial charge in [0.05, 0.1) is 0 Å². The lowest BCUT2D eigenvalue weighted by Crippen LogP contribution is -2.46. The summed E-state index contributed by atoms with van der Waals surface area (Å²) in [5.74, 6) is 1.44.